The van der Waals surface area contributed by atoms with Gasteiger partial charge in [0.15, 0.2) is 0 Å². The second-order valence-electron chi connectivity index (χ2n) is 3.39. The smallest absolute Gasteiger partial charge is 0.174 e. The first-order chi connectivity index (χ1) is 7.96. The number of nitrogens with one attached hydrogen (secondary N) is 1. The summed E-state index contributed by atoms with van der Waals surface area (Å²) in [6, 6.07) is -13.6. The summed E-state index contributed by atoms with van der Waals surface area (Å²) in [5, 5.41) is -0.921. The molecule has 0 aromatic heterocycles. The van der Waals surface area contributed by atoms with E-state index in [2.05, 4.69) is 0 Å². The second kappa shape index (κ2) is 3.39. The van der Waals surface area contributed by atoms with E-state index in [0.717, 1.165) is 0 Å². The van der Waals surface area contributed by atoms with Crippen LogP contribution >= 0.6 is 0 Å². The van der Waals surface area contributed by atoms with Crippen LogP contribution < -0.4 is 5.32 Å². The van der Waals surface area contributed by atoms with Gasteiger partial charge in [-0.2, -0.15) is 8.78 Å². The summed E-state index contributed by atoms with van der Waals surface area (Å²) in [6.45, 7) is 0. The highest BCUT2D eigenvalue weighted by molar-refractivity contribution is 4.88. The Morgan fingerprint density at radius 3 is 1.11 bits per heavy atom. The first-order valence-electron chi connectivity index (χ1n) is 3.91. The second-order valence-corrected chi connectivity index (χ2v) is 3.39. The predicted molar refractivity (Wildman–Crippen MR) is 30.3 cm³/mol. The first kappa shape index (κ1) is 16.1. The molecule has 1 heterocycles. The van der Waals surface area contributed by atoms with Gasteiger partial charge in [-0.1, -0.05) is 0 Å². The number of hydrogen-bond donors (Lipinski definition) is 1. The van der Waals surface area contributed by atoms with Crippen LogP contribution in [0.4, 0.5) is 52.7 Å². The number of hydrogen-bond acceptors (Lipinski definition) is 1. The molecule has 1 rings (SSSR count). The summed E-state index contributed by atoms with van der Waals surface area (Å²) in [5.41, 5.74) is 0. The zero-order chi connectivity index (χ0) is 15.7. The van der Waals surface area contributed by atoms with Gasteiger partial charge < -0.3 is 0 Å². The Labute approximate surface area is 94.7 Å². The summed E-state index contributed by atoms with van der Waals surface area (Å²) in [7, 11) is 0. The van der Waals surface area contributed by atoms with Gasteiger partial charge in [0.05, 0.1) is 0 Å². The van der Waals surface area contributed by atoms with Gasteiger partial charge in [-0.15, -0.1) is 49.2 Å². The molecule has 0 aromatic carbocycles. The zero-order valence-corrected chi connectivity index (χ0v) is 7.98. The van der Waals surface area contributed by atoms with Crippen molar-refractivity contribution >= 4 is 0 Å². The predicted octanol–water partition coefficient (Wildman–Crippen LogP) is 3.18. The Morgan fingerprint density at radius 1 is 0.684 bits per heavy atom. The summed E-state index contributed by atoms with van der Waals surface area (Å²) in [4.78, 5) is 0. The summed E-state index contributed by atoms with van der Waals surface area (Å²) in [5.74, 6) is 0. The molecule has 0 bridgehead atoms. The van der Waals surface area contributed by atoms with Gasteiger partial charge in [0.1, 0.15) is 0 Å². The van der Waals surface area contributed by atoms with Gasteiger partial charge in [-0.3, -0.25) is 0 Å². The van der Waals surface area contributed by atoms with Crippen LogP contribution in [0.15, 0.2) is 0 Å². The quantitative estimate of drug-likeness (QED) is 0.411. The van der Waals surface area contributed by atoms with E-state index >= 15 is 0 Å². The number of halogens is 12. The molecule has 0 saturated carbocycles. The van der Waals surface area contributed by atoms with Gasteiger partial charge >= 0.3 is 30.9 Å². The Morgan fingerprint density at radius 2 is 1.00 bits per heavy atom. The highest BCUT2D eigenvalue weighted by Crippen LogP contribution is 2.64. The largest absolute Gasteiger partial charge is 0.580 e. The van der Waals surface area contributed by atoms with E-state index in [4.69, 9.17) is 0 Å². The third-order valence-corrected chi connectivity index (χ3v) is 2.29. The summed E-state index contributed by atoms with van der Waals surface area (Å²) >= 11 is 0. The van der Waals surface area contributed by atoms with E-state index in [-0.39, 0.29) is 0 Å². The SMILES string of the molecule is FC1(F)NC(F)(F)[N+](C(F)(F)F)(C(F)(F)F)C1(F)F. The lowest BCUT2D eigenvalue weighted by Crippen LogP contribution is -2.78. The van der Waals surface area contributed by atoms with E-state index < -0.39 is 40.7 Å². The molecular formula is C5HF12N2+. The lowest BCUT2D eigenvalue weighted by atomic mass is 10.4. The van der Waals surface area contributed by atoms with Crippen molar-refractivity contribution in [3.8, 4) is 0 Å². The molecule has 0 unspecified atom stereocenters. The third-order valence-electron chi connectivity index (χ3n) is 2.29. The minimum Gasteiger partial charge on any atom is -0.174 e. The Kier molecular flexibility index (Phi) is 2.88. The maximum Gasteiger partial charge on any atom is 0.580 e. The van der Waals surface area contributed by atoms with Crippen LogP contribution in [0.5, 0.6) is 0 Å². The van der Waals surface area contributed by atoms with E-state index in [1.54, 1.807) is 0 Å². The molecule has 0 amide bonds. The van der Waals surface area contributed by atoms with Crippen LogP contribution in [0, 0.1) is 0 Å². The topological polar surface area (TPSA) is 12.0 Å². The molecular weight excluding hydrogens is 316 g/mol. The van der Waals surface area contributed by atoms with Crippen LogP contribution in [-0.2, 0) is 0 Å². The molecule has 0 aromatic rings. The van der Waals surface area contributed by atoms with E-state index in [0.29, 0.717) is 0 Å². The number of nitrogens with zero attached hydrogens (tertiary/aromatic N) is 1. The average molecular weight is 317 g/mol. The Hall–Kier alpha value is -0.920. The van der Waals surface area contributed by atoms with Crippen molar-refractivity contribution in [2.75, 3.05) is 0 Å². The van der Waals surface area contributed by atoms with Crippen molar-refractivity contribution in [1.29, 1.82) is 0 Å². The molecule has 0 atom stereocenters. The van der Waals surface area contributed by atoms with Crippen LogP contribution in [0.2, 0.25) is 0 Å². The van der Waals surface area contributed by atoms with Crippen molar-refractivity contribution in [1.82, 2.24) is 5.32 Å². The molecule has 1 aliphatic heterocycles. The molecule has 19 heavy (non-hydrogen) atoms. The molecule has 0 aliphatic carbocycles. The lowest BCUT2D eigenvalue weighted by molar-refractivity contribution is -1.20. The van der Waals surface area contributed by atoms with E-state index in [1.165, 1.54) is 0 Å². The van der Waals surface area contributed by atoms with E-state index in [1.807, 2.05) is 0 Å². The zero-order valence-electron chi connectivity index (χ0n) is 7.98. The fraction of sp³-hybridized carbons (Fsp3) is 1.00. The number of alkyl halides is 12. The molecule has 114 valence electrons. The fourth-order valence-electron chi connectivity index (χ4n) is 1.52. The van der Waals surface area contributed by atoms with Crippen molar-refractivity contribution < 1.29 is 57.2 Å². The standard InChI is InChI=1S/C5HF12N2/c6-1(7)2(8,9)19(3(10,11)12,4(13,14)15)5(16,17)18-1/h18H/q+1. The van der Waals surface area contributed by atoms with E-state index in [9.17, 15) is 52.7 Å². The summed E-state index contributed by atoms with van der Waals surface area (Å²) in [6.07, 6.45) is -21.6. The van der Waals surface area contributed by atoms with Gasteiger partial charge in [0, 0.05) is 4.48 Å². The van der Waals surface area contributed by atoms with Crippen LogP contribution in [-0.4, -0.2) is 35.3 Å². The molecule has 0 radical (unpaired) electrons. The van der Waals surface area contributed by atoms with Gasteiger partial charge in [0.2, 0.25) is 0 Å². The Bertz CT molecular complexity index is 363. The van der Waals surface area contributed by atoms with Crippen molar-refractivity contribution in [2.45, 2.75) is 30.9 Å². The number of rotatable bonds is 0. The molecule has 1 aliphatic rings. The highest BCUT2D eigenvalue weighted by atomic mass is 19.4. The molecule has 2 nitrogen and oxygen atoms in total. The third kappa shape index (κ3) is 1.55. The normalized spacial score (nSPS) is 28.4. The molecule has 0 spiro atoms. The Balaban J connectivity index is 3.81. The minimum atomic E-state index is -7.45. The van der Waals surface area contributed by atoms with Crippen LogP contribution in [0.3, 0.4) is 0 Å². The highest BCUT2D eigenvalue weighted by Gasteiger charge is 3.03. The maximum absolute atomic E-state index is 12.8. The molecule has 1 N–H and O–H groups in total. The monoisotopic (exact) mass is 317 g/mol. The van der Waals surface area contributed by atoms with Crippen molar-refractivity contribution in [2.24, 2.45) is 0 Å². The molecule has 14 heteroatoms. The van der Waals surface area contributed by atoms with Gasteiger partial charge in [-0.05, 0) is 0 Å². The summed E-state index contributed by atoms with van der Waals surface area (Å²) < 4.78 is 142. The van der Waals surface area contributed by atoms with Crippen LogP contribution in [0.1, 0.15) is 0 Å². The molecule has 1 saturated heterocycles. The minimum absolute atomic E-state index is 0.921. The van der Waals surface area contributed by atoms with Crippen LogP contribution in [0.25, 0.3) is 0 Å². The van der Waals surface area contributed by atoms with Gasteiger partial charge in [0.25, 0.3) is 0 Å². The van der Waals surface area contributed by atoms with Crippen molar-refractivity contribution in [3.05, 3.63) is 0 Å². The first-order valence-corrected chi connectivity index (χ1v) is 3.91. The lowest BCUT2D eigenvalue weighted by Gasteiger charge is -2.39. The average Bonchev–Trinajstić information content (AvgIpc) is 2.03. The molecule has 1 fully saturated rings. The fourth-order valence-corrected chi connectivity index (χ4v) is 1.52. The van der Waals surface area contributed by atoms with Crippen molar-refractivity contribution in [3.63, 3.8) is 0 Å². The number of quaternary nitrogens is 1. The van der Waals surface area contributed by atoms with Gasteiger partial charge in [-0.25, -0.2) is 0 Å². The maximum atomic E-state index is 12.8.